The topological polar surface area (TPSA) is 3.24 Å². The summed E-state index contributed by atoms with van der Waals surface area (Å²) in [5.41, 5.74) is 6.49. The van der Waals surface area contributed by atoms with Crippen molar-refractivity contribution in [2.24, 2.45) is 0 Å². The van der Waals surface area contributed by atoms with Crippen molar-refractivity contribution in [1.29, 1.82) is 0 Å². The summed E-state index contributed by atoms with van der Waals surface area (Å²) in [6.07, 6.45) is 0. The zero-order valence-corrected chi connectivity index (χ0v) is 17.5. The lowest BCUT2D eigenvalue weighted by Crippen LogP contribution is -2.37. The Morgan fingerprint density at radius 2 is 0.963 bits per heavy atom. The van der Waals surface area contributed by atoms with Crippen molar-refractivity contribution in [1.82, 2.24) is 0 Å². The minimum atomic E-state index is -0.00275. The molecule has 0 aliphatic rings. The normalized spacial score (nSPS) is 12.1. The largest absolute Gasteiger partial charge is 0.336 e. The summed E-state index contributed by atoms with van der Waals surface area (Å²) in [6.45, 7) is 13.5. The number of nitrogens with zero attached hydrogens (tertiary/aromatic N) is 1. The van der Waals surface area contributed by atoms with Crippen LogP contribution in [0.3, 0.4) is 0 Å². The van der Waals surface area contributed by atoms with E-state index in [0.29, 0.717) is 0 Å². The Bertz CT molecular complexity index is 861. The molecule has 0 N–H and O–H groups in total. The molecule has 0 bridgehead atoms. The maximum atomic E-state index is 2.39. The zero-order valence-electron chi connectivity index (χ0n) is 17.5. The van der Waals surface area contributed by atoms with Gasteiger partial charge in [0.15, 0.2) is 0 Å². The smallest absolute Gasteiger partial charge is 0.0416 e. The molecule has 27 heavy (non-hydrogen) atoms. The average Bonchev–Trinajstić information content (AvgIpc) is 2.62. The minimum Gasteiger partial charge on any atom is -0.336 e. The maximum absolute atomic E-state index is 2.39. The molecule has 0 aromatic heterocycles. The fourth-order valence-electron chi connectivity index (χ4n) is 3.47. The van der Waals surface area contributed by atoms with Gasteiger partial charge in [-0.2, -0.15) is 0 Å². The quantitative estimate of drug-likeness (QED) is 0.467. The van der Waals surface area contributed by atoms with Crippen LogP contribution in [0.5, 0.6) is 0 Å². The second-order valence-corrected chi connectivity index (χ2v) is 9.22. The number of para-hydroxylation sites is 1. The molecule has 0 spiro atoms. The van der Waals surface area contributed by atoms with Crippen LogP contribution in [-0.2, 0) is 5.41 Å². The summed E-state index contributed by atoms with van der Waals surface area (Å²) in [5.74, 6) is 0. The molecule has 3 rings (SSSR count). The Morgan fingerprint density at radius 3 is 1.41 bits per heavy atom. The molecule has 0 saturated heterocycles. The van der Waals surface area contributed by atoms with E-state index in [-0.39, 0.29) is 11.0 Å². The Kier molecular flexibility index (Phi) is 5.15. The van der Waals surface area contributed by atoms with Gasteiger partial charge in [0.05, 0.1) is 0 Å². The van der Waals surface area contributed by atoms with Crippen LogP contribution in [0.15, 0.2) is 78.9 Å². The first kappa shape index (κ1) is 19.2. The van der Waals surface area contributed by atoms with Crippen LogP contribution in [0.2, 0.25) is 0 Å². The van der Waals surface area contributed by atoms with E-state index in [4.69, 9.17) is 0 Å². The Balaban J connectivity index is 1.92. The van der Waals surface area contributed by atoms with E-state index >= 15 is 0 Å². The van der Waals surface area contributed by atoms with Crippen LogP contribution in [0, 0.1) is 0 Å². The third kappa shape index (κ3) is 4.42. The van der Waals surface area contributed by atoms with E-state index in [1.807, 2.05) is 0 Å². The molecular weight excluding hydrogens is 326 g/mol. The van der Waals surface area contributed by atoms with Crippen LogP contribution in [0.1, 0.15) is 47.1 Å². The fraction of sp³-hybridized carbons (Fsp3) is 0.308. The molecule has 3 aromatic carbocycles. The van der Waals surface area contributed by atoms with Gasteiger partial charge in [-0.15, -0.1) is 0 Å². The summed E-state index contributed by atoms with van der Waals surface area (Å²) >= 11 is 0. The van der Waals surface area contributed by atoms with E-state index < -0.39 is 0 Å². The van der Waals surface area contributed by atoms with Gasteiger partial charge >= 0.3 is 0 Å². The Hall–Kier alpha value is -2.54. The monoisotopic (exact) mass is 357 g/mol. The SMILES string of the molecule is CC(C)(C)c1ccc(-c2ccc(N(c3ccccc3)C(C)(C)C)cc2)cc1. The van der Waals surface area contributed by atoms with Crippen molar-refractivity contribution in [3.63, 3.8) is 0 Å². The lowest BCUT2D eigenvalue weighted by molar-refractivity contribution is 0.560. The molecule has 0 saturated carbocycles. The van der Waals surface area contributed by atoms with Gasteiger partial charge in [-0.1, -0.05) is 75.4 Å². The van der Waals surface area contributed by atoms with Crippen molar-refractivity contribution in [2.75, 3.05) is 4.90 Å². The highest BCUT2D eigenvalue weighted by Crippen LogP contribution is 2.34. The lowest BCUT2D eigenvalue weighted by Gasteiger charge is -2.38. The Morgan fingerprint density at radius 1 is 0.519 bits per heavy atom. The van der Waals surface area contributed by atoms with Crippen molar-refractivity contribution >= 4 is 11.4 Å². The van der Waals surface area contributed by atoms with Gasteiger partial charge in [0.2, 0.25) is 0 Å². The van der Waals surface area contributed by atoms with E-state index in [1.165, 1.54) is 28.1 Å². The molecule has 0 aliphatic heterocycles. The molecule has 0 radical (unpaired) electrons. The van der Waals surface area contributed by atoms with E-state index in [2.05, 4.69) is 125 Å². The van der Waals surface area contributed by atoms with Crippen molar-refractivity contribution in [2.45, 2.75) is 52.5 Å². The predicted molar refractivity (Wildman–Crippen MR) is 119 cm³/mol. The molecule has 140 valence electrons. The number of hydrogen-bond donors (Lipinski definition) is 0. The van der Waals surface area contributed by atoms with Gasteiger partial charge in [0, 0.05) is 16.9 Å². The van der Waals surface area contributed by atoms with Gasteiger partial charge in [-0.05, 0) is 67.1 Å². The molecule has 0 aliphatic carbocycles. The number of anilines is 2. The molecule has 0 heterocycles. The number of rotatable bonds is 3. The van der Waals surface area contributed by atoms with Gasteiger partial charge in [0.1, 0.15) is 0 Å². The third-order valence-corrected chi connectivity index (χ3v) is 4.89. The second kappa shape index (κ2) is 7.23. The van der Waals surface area contributed by atoms with E-state index in [0.717, 1.165) is 0 Å². The summed E-state index contributed by atoms with van der Waals surface area (Å²) < 4.78 is 0. The highest BCUT2D eigenvalue weighted by Gasteiger charge is 2.23. The molecule has 0 atom stereocenters. The first-order valence-corrected chi connectivity index (χ1v) is 9.72. The number of benzene rings is 3. The predicted octanol–water partition coefficient (Wildman–Crippen LogP) is 7.59. The lowest BCUT2D eigenvalue weighted by atomic mass is 9.86. The molecule has 0 fully saturated rings. The molecule has 0 unspecified atom stereocenters. The Labute approximate surface area is 164 Å². The summed E-state index contributed by atoms with van der Waals surface area (Å²) in [6, 6.07) is 28.5. The van der Waals surface area contributed by atoms with Crippen LogP contribution in [0.25, 0.3) is 11.1 Å². The first-order chi connectivity index (χ1) is 12.7. The maximum Gasteiger partial charge on any atom is 0.0416 e. The molecule has 1 heteroatoms. The van der Waals surface area contributed by atoms with Crippen LogP contribution >= 0.6 is 0 Å². The molecule has 3 aromatic rings. The van der Waals surface area contributed by atoms with Gasteiger partial charge in [-0.25, -0.2) is 0 Å². The standard InChI is InChI=1S/C26H31N/c1-25(2,3)22-16-12-20(13-17-22)21-14-18-24(19-15-21)27(26(4,5)6)23-10-8-7-9-11-23/h7-19H,1-6H3. The first-order valence-electron chi connectivity index (χ1n) is 9.72. The number of hydrogen-bond acceptors (Lipinski definition) is 1. The van der Waals surface area contributed by atoms with Crippen molar-refractivity contribution in [3.05, 3.63) is 84.4 Å². The van der Waals surface area contributed by atoms with Gasteiger partial charge in [0.25, 0.3) is 0 Å². The van der Waals surface area contributed by atoms with Crippen LogP contribution in [0.4, 0.5) is 11.4 Å². The van der Waals surface area contributed by atoms with E-state index in [1.54, 1.807) is 0 Å². The summed E-state index contributed by atoms with van der Waals surface area (Å²) in [7, 11) is 0. The zero-order chi connectivity index (χ0) is 19.7. The molecule has 1 nitrogen and oxygen atoms in total. The van der Waals surface area contributed by atoms with Gasteiger partial charge < -0.3 is 4.90 Å². The molecule has 0 amide bonds. The fourth-order valence-corrected chi connectivity index (χ4v) is 3.47. The minimum absolute atomic E-state index is 0.00275. The summed E-state index contributed by atoms with van der Waals surface area (Å²) in [5, 5.41) is 0. The van der Waals surface area contributed by atoms with Crippen LogP contribution < -0.4 is 4.90 Å². The molecular formula is C26H31N. The second-order valence-electron chi connectivity index (χ2n) is 9.22. The highest BCUT2D eigenvalue weighted by atomic mass is 15.2. The van der Waals surface area contributed by atoms with Crippen molar-refractivity contribution in [3.8, 4) is 11.1 Å². The highest BCUT2D eigenvalue weighted by molar-refractivity contribution is 5.71. The third-order valence-electron chi connectivity index (χ3n) is 4.89. The van der Waals surface area contributed by atoms with Crippen LogP contribution in [-0.4, -0.2) is 5.54 Å². The van der Waals surface area contributed by atoms with E-state index in [9.17, 15) is 0 Å². The summed E-state index contributed by atoms with van der Waals surface area (Å²) in [4.78, 5) is 2.39. The van der Waals surface area contributed by atoms with Gasteiger partial charge in [-0.3, -0.25) is 0 Å². The average molecular weight is 358 g/mol. The van der Waals surface area contributed by atoms with Crippen molar-refractivity contribution < 1.29 is 0 Å².